The highest BCUT2D eigenvalue weighted by Gasteiger charge is 2.38. The van der Waals surface area contributed by atoms with Gasteiger partial charge in [-0.05, 0) is 44.9 Å². The minimum Gasteiger partial charge on any atom is -0.478 e. The third kappa shape index (κ3) is 3.59. The first-order chi connectivity index (χ1) is 11.5. The standard InChI is InChI=1S/C20H23NO2S/c1-15-9-11-18(12-10-15)24(22)20(2,3)19-21-17(14-23-19)13-16-7-5-4-6-8-16/h4-12,17H,13-14H2,1-3H3/t17-,24?/m0/s1. The molecule has 0 saturated heterocycles. The van der Waals surface area contributed by atoms with Gasteiger partial charge in [-0.25, -0.2) is 4.99 Å². The molecule has 0 aromatic heterocycles. The molecule has 2 aromatic carbocycles. The van der Waals surface area contributed by atoms with Crippen LogP contribution >= 0.6 is 0 Å². The largest absolute Gasteiger partial charge is 0.478 e. The zero-order chi connectivity index (χ0) is 17.2. The summed E-state index contributed by atoms with van der Waals surface area (Å²) in [5, 5.41) is 0. The molecule has 3 rings (SSSR count). The summed E-state index contributed by atoms with van der Waals surface area (Å²) in [4.78, 5) is 5.53. The second kappa shape index (κ2) is 6.89. The van der Waals surface area contributed by atoms with E-state index >= 15 is 0 Å². The Bertz CT molecular complexity index is 751. The van der Waals surface area contributed by atoms with Crippen molar-refractivity contribution in [3.63, 3.8) is 0 Å². The van der Waals surface area contributed by atoms with E-state index < -0.39 is 15.5 Å². The number of nitrogens with zero attached hydrogens (tertiary/aromatic N) is 1. The Hall–Kier alpha value is -1.94. The Labute approximate surface area is 146 Å². The van der Waals surface area contributed by atoms with E-state index in [1.165, 1.54) is 5.56 Å². The number of hydrogen-bond acceptors (Lipinski definition) is 3. The molecule has 126 valence electrons. The van der Waals surface area contributed by atoms with Gasteiger partial charge >= 0.3 is 0 Å². The van der Waals surface area contributed by atoms with Crippen LogP contribution in [0.4, 0.5) is 0 Å². The molecule has 1 unspecified atom stereocenters. The topological polar surface area (TPSA) is 38.7 Å². The fraction of sp³-hybridized carbons (Fsp3) is 0.350. The van der Waals surface area contributed by atoms with Gasteiger partial charge in [-0.2, -0.15) is 0 Å². The van der Waals surface area contributed by atoms with Crippen molar-refractivity contribution < 1.29 is 8.95 Å². The highest BCUT2D eigenvalue weighted by molar-refractivity contribution is 7.87. The van der Waals surface area contributed by atoms with Crippen molar-refractivity contribution in [1.82, 2.24) is 0 Å². The highest BCUT2D eigenvalue weighted by atomic mass is 32.2. The van der Waals surface area contributed by atoms with E-state index in [0.29, 0.717) is 12.5 Å². The smallest absolute Gasteiger partial charge is 0.202 e. The molecule has 24 heavy (non-hydrogen) atoms. The number of benzene rings is 2. The number of rotatable bonds is 5. The molecule has 1 heterocycles. The maximum atomic E-state index is 13.0. The van der Waals surface area contributed by atoms with E-state index in [-0.39, 0.29) is 6.04 Å². The third-order valence-corrected chi connectivity index (χ3v) is 6.04. The Morgan fingerprint density at radius 3 is 2.46 bits per heavy atom. The molecule has 2 aromatic rings. The molecular weight excluding hydrogens is 318 g/mol. The average Bonchev–Trinajstić information content (AvgIpc) is 3.05. The van der Waals surface area contributed by atoms with Gasteiger partial charge in [0, 0.05) is 4.90 Å². The third-order valence-electron chi connectivity index (χ3n) is 4.24. The molecule has 1 aliphatic rings. The van der Waals surface area contributed by atoms with Crippen LogP contribution in [0, 0.1) is 6.92 Å². The quantitative estimate of drug-likeness (QED) is 0.827. The molecule has 1 aliphatic heterocycles. The fourth-order valence-electron chi connectivity index (χ4n) is 2.77. The lowest BCUT2D eigenvalue weighted by atomic mass is 10.1. The zero-order valence-corrected chi connectivity index (χ0v) is 15.2. The van der Waals surface area contributed by atoms with Crippen molar-refractivity contribution in [1.29, 1.82) is 0 Å². The van der Waals surface area contributed by atoms with Crippen LogP contribution in [0.25, 0.3) is 0 Å². The van der Waals surface area contributed by atoms with Crippen LogP contribution < -0.4 is 0 Å². The zero-order valence-electron chi connectivity index (χ0n) is 14.4. The van der Waals surface area contributed by atoms with E-state index in [1.54, 1.807) is 0 Å². The molecule has 0 fully saturated rings. The monoisotopic (exact) mass is 341 g/mol. The number of aryl methyl sites for hydroxylation is 1. The van der Waals surface area contributed by atoms with Crippen molar-refractivity contribution in [3.05, 3.63) is 65.7 Å². The highest BCUT2D eigenvalue weighted by Crippen LogP contribution is 2.27. The van der Waals surface area contributed by atoms with E-state index in [1.807, 2.05) is 63.2 Å². The molecule has 2 atom stereocenters. The van der Waals surface area contributed by atoms with Crippen molar-refractivity contribution >= 4 is 16.7 Å². The summed E-state index contributed by atoms with van der Waals surface area (Å²) in [5.74, 6) is 0.599. The Morgan fingerprint density at radius 1 is 1.12 bits per heavy atom. The maximum absolute atomic E-state index is 13.0. The number of hydrogen-bond donors (Lipinski definition) is 0. The van der Waals surface area contributed by atoms with Crippen molar-refractivity contribution in [2.45, 2.75) is 42.9 Å². The molecule has 0 bridgehead atoms. The summed E-state index contributed by atoms with van der Waals surface area (Å²) >= 11 is 0. The van der Waals surface area contributed by atoms with Gasteiger partial charge in [-0.1, -0.05) is 48.0 Å². The van der Waals surface area contributed by atoms with Crippen molar-refractivity contribution in [2.24, 2.45) is 4.99 Å². The van der Waals surface area contributed by atoms with Crippen LogP contribution in [0.15, 0.2) is 64.5 Å². The first-order valence-corrected chi connectivity index (χ1v) is 9.35. The maximum Gasteiger partial charge on any atom is 0.202 e. The molecule has 0 spiro atoms. The van der Waals surface area contributed by atoms with Gasteiger partial charge in [-0.15, -0.1) is 0 Å². The van der Waals surface area contributed by atoms with E-state index in [4.69, 9.17) is 9.73 Å². The SMILES string of the molecule is Cc1ccc(S(=O)C(C)(C)C2=N[C@@H](Cc3ccccc3)CO2)cc1. The number of ether oxygens (including phenoxy) is 1. The molecule has 0 radical (unpaired) electrons. The molecule has 0 saturated carbocycles. The first kappa shape index (κ1) is 16.9. The summed E-state index contributed by atoms with van der Waals surface area (Å²) in [7, 11) is -1.21. The first-order valence-electron chi connectivity index (χ1n) is 8.20. The van der Waals surface area contributed by atoms with Gasteiger partial charge in [0.05, 0.1) is 16.8 Å². The van der Waals surface area contributed by atoms with E-state index in [0.717, 1.165) is 16.9 Å². The summed E-state index contributed by atoms with van der Waals surface area (Å²) in [6.07, 6.45) is 0.845. The molecule has 4 heteroatoms. The number of aliphatic imine (C=N–C) groups is 1. The minimum atomic E-state index is -1.21. The second-order valence-electron chi connectivity index (χ2n) is 6.68. The van der Waals surface area contributed by atoms with Gasteiger partial charge in [-0.3, -0.25) is 4.21 Å². The summed E-state index contributed by atoms with van der Waals surface area (Å²) < 4.78 is 18.2. The second-order valence-corrected chi connectivity index (χ2v) is 8.71. The Balaban J connectivity index is 1.75. The summed E-state index contributed by atoms with van der Waals surface area (Å²) in [6, 6.07) is 18.2. The Morgan fingerprint density at radius 2 is 1.79 bits per heavy atom. The molecule has 0 N–H and O–H groups in total. The van der Waals surface area contributed by atoms with Gasteiger partial charge in [0.2, 0.25) is 5.90 Å². The van der Waals surface area contributed by atoms with Crippen LogP contribution in [0.1, 0.15) is 25.0 Å². The molecule has 0 amide bonds. The van der Waals surface area contributed by atoms with Gasteiger partial charge in [0.15, 0.2) is 0 Å². The summed E-state index contributed by atoms with van der Waals surface area (Å²) in [6.45, 7) is 6.45. The van der Waals surface area contributed by atoms with E-state index in [2.05, 4.69) is 12.1 Å². The average molecular weight is 341 g/mol. The molecule has 3 nitrogen and oxygen atoms in total. The summed E-state index contributed by atoms with van der Waals surface area (Å²) in [5.41, 5.74) is 2.40. The lowest BCUT2D eigenvalue weighted by Crippen LogP contribution is -2.37. The van der Waals surface area contributed by atoms with Crippen molar-refractivity contribution in [3.8, 4) is 0 Å². The van der Waals surface area contributed by atoms with Crippen LogP contribution in [0.3, 0.4) is 0 Å². The fourth-order valence-corrected chi connectivity index (χ4v) is 4.01. The van der Waals surface area contributed by atoms with E-state index in [9.17, 15) is 4.21 Å². The van der Waals surface area contributed by atoms with Crippen molar-refractivity contribution in [2.75, 3.05) is 6.61 Å². The molecular formula is C20H23NO2S. The normalized spacial score (nSPS) is 18.8. The van der Waals surface area contributed by atoms with Crippen LogP contribution in [-0.2, 0) is 22.0 Å². The van der Waals surface area contributed by atoms with Crippen LogP contribution in [0.2, 0.25) is 0 Å². The van der Waals surface area contributed by atoms with Gasteiger partial charge in [0.1, 0.15) is 11.4 Å². The Kier molecular flexibility index (Phi) is 4.86. The molecule has 0 aliphatic carbocycles. The van der Waals surface area contributed by atoms with Gasteiger partial charge < -0.3 is 4.74 Å². The van der Waals surface area contributed by atoms with Crippen LogP contribution in [0.5, 0.6) is 0 Å². The predicted octanol–water partition coefficient (Wildman–Crippen LogP) is 3.92. The van der Waals surface area contributed by atoms with Gasteiger partial charge in [0.25, 0.3) is 0 Å². The lowest BCUT2D eigenvalue weighted by Gasteiger charge is -2.23. The predicted molar refractivity (Wildman–Crippen MR) is 99.0 cm³/mol. The minimum absolute atomic E-state index is 0.0942. The lowest BCUT2D eigenvalue weighted by molar-refractivity contribution is 0.304. The van der Waals surface area contributed by atoms with Crippen LogP contribution in [-0.4, -0.2) is 27.5 Å².